The fourth-order valence-electron chi connectivity index (χ4n) is 2.27. The fraction of sp³-hybridized carbons (Fsp3) is 0.846. The molecule has 2 amide bonds. The zero-order valence-electron chi connectivity index (χ0n) is 12.6. The van der Waals surface area contributed by atoms with E-state index in [0.717, 1.165) is 6.42 Å². The Hall–Kier alpha value is -1.15. The minimum Gasteiger partial charge on any atom is -0.385 e. The average molecular weight is 320 g/mol. The highest BCUT2D eigenvalue weighted by atomic mass is 32.2. The Kier molecular flexibility index (Phi) is 7.10. The molecular weight excluding hydrogens is 296 g/mol. The van der Waals surface area contributed by atoms with Crippen LogP contribution in [0.1, 0.15) is 26.2 Å². The minimum atomic E-state index is -2.99. The summed E-state index contributed by atoms with van der Waals surface area (Å²) < 4.78 is 27.5. The second-order valence-electron chi connectivity index (χ2n) is 5.27. The average Bonchev–Trinajstić information content (AvgIpc) is 2.72. The van der Waals surface area contributed by atoms with Crippen LogP contribution in [0.2, 0.25) is 0 Å². The highest BCUT2D eigenvalue weighted by molar-refractivity contribution is 7.91. The summed E-state index contributed by atoms with van der Waals surface area (Å²) in [5.74, 6) is -0.144. The Morgan fingerprint density at radius 1 is 1.33 bits per heavy atom. The second kappa shape index (κ2) is 8.33. The van der Waals surface area contributed by atoms with Gasteiger partial charge in [0.2, 0.25) is 11.8 Å². The first-order valence-corrected chi connectivity index (χ1v) is 8.90. The van der Waals surface area contributed by atoms with E-state index in [1.807, 2.05) is 0 Å². The molecule has 1 N–H and O–H groups in total. The van der Waals surface area contributed by atoms with Gasteiger partial charge in [0.1, 0.15) is 0 Å². The molecule has 21 heavy (non-hydrogen) atoms. The molecule has 0 aromatic carbocycles. The minimum absolute atomic E-state index is 0.0169. The summed E-state index contributed by atoms with van der Waals surface area (Å²) >= 11 is 0. The van der Waals surface area contributed by atoms with E-state index in [1.54, 1.807) is 12.0 Å². The van der Waals surface area contributed by atoms with Crippen molar-refractivity contribution in [3.05, 3.63) is 0 Å². The normalized spacial score (nSPS) is 20.2. The van der Waals surface area contributed by atoms with Crippen molar-refractivity contribution >= 4 is 21.7 Å². The molecule has 0 saturated carbocycles. The number of hydrogen-bond acceptors (Lipinski definition) is 5. The Balaban J connectivity index is 2.31. The third-order valence-electron chi connectivity index (χ3n) is 3.43. The number of nitrogens with one attached hydrogen (secondary N) is 1. The molecule has 0 bridgehead atoms. The molecule has 0 radical (unpaired) electrons. The molecule has 1 aliphatic heterocycles. The summed E-state index contributed by atoms with van der Waals surface area (Å²) in [5.41, 5.74) is 0. The monoisotopic (exact) mass is 320 g/mol. The molecule has 1 rings (SSSR count). The van der Waals surface area contributed by atoms with Crippen molar-refractivity contribution in [2.75, 3.05) is 38.3 Å². The summed E-state index contributed by atoms with van der Waals surface area (Å²) in [6.07, 6.45) is 1.38. The van der Waals surface area contributed by atoms with Crippen molar-refractivity contribution in [1.29, 1.82) is 0 Å². The summed E-state index contributed by atoms with van der Waals surface area (Å²) in [6.45, 7) is 2.92. The lowest BCUT2D eigenvalue weighted by molar-refractivity contribution is -0.130. The topological polar surface area (TPSA) is 92.8 Å². The van der Waals surface area contributed by atoms with Crippen LogP contribution in [0.3, 0.4) is 0 Å². The summed E-state index contributed by atoms with van der Waals surface area (Å²) in [7, 11) is -1.40. The standard InChI is InChI=1S/C13H24N2O5S/c1-11(16)15(6-3-8-20-2)7-4-13(17)14-12-5-9-21(18,19)10-12/h12H,3-10H2,1-2H3,(H,14,17). The van der Waals surface area contributed by atoms with Gasteiger partial charge in [-0.2, -0.15) is 0 Å². The molecule has 1 saturated heterocycles. The molecule has 0 aliphatic carbocycles. The van der Waals surface area contributed by atoms with Gasteiger partial charge < -0.3 is 15.0 Å². The number of nitrogens with zero attached hydrogens (tertiary/aromatic N) is 1. The Morgan fingerprint density at radius 2 is 2.05 bits per heavy atom. The lowest BCUT2D eigenvalue weighted by Crippen LogP contribution is -2.39. The Morgan fingerprint density at radius 3 is 2.57 bits per heavy atom. The molecule has 7 nitrogen and oxygen atoms in total. The van der Waals surface area contributed by atoms with E-state index >= 15 is 0 Å². The highest BCUT2D eigenvalue weighted by Gasteiger charge is 2.28. The van der Waals surface area contributed by atoms with Crippen LogP contribution in [-0.2, 0) is 24.2 Å². The van der Waals surface area contributed by atoms with Gasteiger partial charge in [0.15, 0.2) is 9.84 Å². The van der Waals surface area contributed by atoms with Gasteiger partial charge in [-0.3, -0.25) is 9.59 Å². The van der Waals surface area contributed by atoms with Crippen LogP contribution in [0.25, 0.3) is 0 Å². The molecular formula is C13H24N2O5S. The van der Waals surface area contributed by atoms with Crippen molar-refractivity contribution in [3.63, 3.8) is 0 Å². The van der Waals surface area contributed by atoms with Crippen LogP contribution in [0, 0.1) is 0 Å². The molecule has 0 aromatic rings. The fourth-order valence-corrected chi connectivity index (χ4v) is 3.94. The molecule has 1 aliphatic rings. The predicted octanol–water partition coefficient (Wildman–Crippen LogP) is -0.435. The maximum atomic E-state index is 11.8. The number of hydrogen-bond donors (Lipinski definition) is 1. The Labute approximate surface area is 125 Å². The number of amides is 2. The SMILES string of the molecule is COCCCN(CCC(=O)NC1CCS(=O)(=O)C1)C(C)=O. The smallest absolute Gasteiger partial charge is 0.222 e. The second-order valence-corrected chi connectivity index (χ2v) is 7.50. The largest absolute Gasteiger partial charge is 0.385 e. The van der Waals surface area contributed by atoms with E-state index in [0.29, 0.717) is 26.1 Å². The summed E-state index contributed by atoms with van der Waals surface area (Å²) in [5, 5.41) is 2.72. The van der Waals surface area contributed by atoms with Crippen molar-refractivity contribution in [1.82, 2.24) is 10.2 Å². The van der Waals surface area contributed by atoms with Crippen LogP contribution < -0.4 is 5.32 Å². The van der Waals surface area contributed by atoms with Gasteiger partial charge in [-0.05, 0) is 12.8 Å². The molecule has 1 fully saturated rings. The zero-order chi connectivity index (χ0) is 15.9. The molecule has 0 aromatic heterocycles. The quantitative estimate of drug-likeness (QED) is 0.612. The molecule has 1 heterocycles. The van der Waals surface area contributed by atoms with E-state index in [-0.39, 0.29) is 35.8 Å². The van der Waals surface area contributed by atoms with Gasteiger partial charge in [0.25, 0.3) is 0 Å². The molecule has 1 unspecified atom stereocenters. The van der Waals surface area contributed by atoms with Crippen LogP contribution in [0.15, 0.2) is 0 Å². The van der Waals surface area contributed by atoms with Crippen LogP contribution in [0.4, 0.5) is 0 Å². The highest BCUT2D eigenvalue weighted by Crippen LogP contribution is 2.11. The van der Waals surface area contributed by atoms with Crippen LogP contribution >= 0.6 is 0 Å². The van der Waals surface area contributed by atoms with Crippen LogP contribution in [0.5, 0.6) is 0 Å². The molecule has 1 atom stereocenters. The van der Waals surface area contributed by atoms with Gasteiger partial charge in [-0.15, -0.1) is 0 Å². The van der Waals surface area contributed by atoms with Gasteiger partial charge in [-0.25, -0.2) is 8.42 Å². The van der Waals surface area contributed by atoms with Gasteiger partial charge in [0, 0.05) is 46.2 Å². The maximum Gasteiger partial charge on any atom is 0.222 e. The lowest BCUT2D eigenvalue weighted by Gasteiger charge is -2.21. The van der Waals surface area contributed by atoms with E-state index in [9.17, 15) is 18.0 Å². The summed E-state index contributed by atoms with van der Waals surface area (Å²) in [6, 6.07) is -0.290. The van der Waals surface area contributed by atoms with Gasteiger partial charge >= 0.3 is 0 Å². The van der Waals surface area contributed by atoms with E-state index in [2.05, 4.69) is 5.32 Å². The zero-order valence-corrected chi connectivity index (χ0v) is 13.4. The Bertz CT molecular complexity index is 463. The van der Waals surface area contributed by atoms with Crippen molar-refractivity contribution in [2.24, 2.45) is 0 Å². The van der Waals surface area contributed by atoms with E-state index < -0.39 is 9.84 Å². The maximum absolute atomic E-state index is 11.8. The number of methoxy groups -OCH3 is 1. The van der Waals surface area contributed by atoms with Crippen LogP contribution in [-0.4, -0.2) is 69.5 Å². The third-order valence-corrected chi connectivity index (χ3v) is 5.20. The predicted molar refractivity (Wildman–Crippen MR) is 78.6 cm³/mol. The first-order chi connectivity index (χ1) is 9.84. The number of carbonyl (C=O) groups is 2. The van der Waals surface area contributed by atoms with Gasteiger partial charge in [-0.1, -0.05) is 0 Å². The molecule has 0 spiro atoms. The number of rotatable bonds is 8. The lowest BCUT2D eigenvalue weighted by atomic mass is 10.2. The molecule has 122 valence electrons. The van der Waals surface area contributed by atoms with Gasteiger partial charge in [0.05, 0.1) is 11.5 Å². The van der Waals surface area contributed by atoms with Crippen molar-refractivity contribution in [3.8, 4) is 0 Å². The molecule has 8 heteroatoms. The number of ether oxygens (including phenoxy) is 1. The first-order valence-electron chi connectivity index (χ1n) is 7.08. The number of carbonyl (C=O) groups excluding carboxylic acids is 2. The van der Waals surface area contributed by atoms with E-state index in [4.69, 9.17) is 4.74 Å². The first kappa shape index (κ1) is 17.9. The number of sulfone groups is 1. The van der Waals surface area contributed by atoms with E-state index in [1.165, 1.54) is 6.92 Å². The summed E-state index contributed by atoms with van der Waals surface area (Å²) in [4.78, 5) is 24.9. The third kappa shape index (κ3) is 6.90. The van der Waals surface area contributed by atoms with Crippen molar-refractivity contribution in [2.45, 2.75) is 32.2 Å². The van der Waals surface area contributed by atoms with Crippen molar-refractivity contribution < 1.29 is 22.7 Å².